The first-order valence-electron chi connectivity index (χ1n) is 7.29. The summed E-state index contributed by atoms with van der Waals surface area (Å²) in [5.74, 6) is -1.40. The number of hydrogen-bond donors (Lipinski definition) is 1. The molecular weight excluding hydrogens is 300 g/mol. The van der Waals surface area contributed by atoms with Crippen molar-refractivity contribution in [3.63, 3.8) is 0 Å². The number of benzene rings is 1. The van der Waals surface area contributed by atoms with Crippen molar-refractivity contribution in [2.75, 3.05) is 25.6 Å². The number of carboxylic acid groups (broad SMARTS) is 1. The molecule has 1 aromatic carbocycles. The van der Waals surface area contributed by atoms with E-state index in [-0.39, 0.29) is 24.8 Å². The van der Waals surface area contributed by atoms with Crippen molar-refractivity contribution >= 4 is 23.5 Å². The number of hydrogen-bond acceptors (Lipinski definition) is 4. The number of amides is 2. The Kier molecular flexibility index (Phi) is 4.88. The maximum atomic E-state index is 12.4. The van der Waals surface area contributed by atoms with E-state index in [9.17, 15) is 14.4 Å². The molecule has 0 saturated carbocycles. The zero-order valence-corrected chi connectivity index (χ0v) is 13.4. The van der Waals surface area contributed by atoms with Crippen LogP contribution in [-0.2, 0) is 14.4 Å². The molecule has 1 fully saturated rings. The number of ether oxygens (including phenoxy) is 1. The highest BCUT2D eigenvalue weighted by Crippen LogP contribution is 2.28. The maximum absolute atomic E-state index is 12.4. The molecule has 2 unspecified atom stereocenters. The third-order valence-electron chi connectivity index (χ3n) is 4.14. The van der Waals surface area contributed by atoms with Gasteiger partial charge in [-0.25, -0.2) is 4.79 Å². The standard InChI is InChI=1S/C16H20N2O5/c1-10(16(21)22)17(2)15(20)11-8-14(19)18(9-11)12-4-6-13(23-3)7-5-12/h4-7,10-11H,8-9H2,1-3H3,(H,21,22). The minimum atomic E-state index is -1.07. The highest BCUT2D eigenvalue weighted by molar-refractivity contribution is 6.00. The van der Waals surface area contributed by atoms with Crippen molar-refractivity contribution in [3.8, 4) is 5.75 Å². The minimum Gasteiger partial charge on any atom is -0.497 e. The van der Waals surface area contributed by atoms with Crippen LogP contribution in [0.1, 0.15) is 13.3 Å². The number of aliphatic carboxylic acids is 1. The molecule has 7 heteroatoms. The number of rotatable bonds is 5. The molecule has 2 rings (SSSR count). The molecular formula is C16H20N2O5. The maximum Gasteiger partial charge on any atom is 0.326 e. The van der Waals surface area contributed by atoms with Crippen LogP contribution in [-0.4, -0.2) is 54.5 Å². The highest BCUT2D eigenvalue weighted by atomic mass is 16.5. The summed E-state index contributed by atoms with van der Waals surface area (Å²) in [7, 11) is 3.01. The summed E-state index contributed by atoms with van der Waals surface area (Å²) < 4.78 is 5.08. The van der Waals surface area contributed by atoms with E-state index in [0.29, 0.717) is 11.4 Å². The van der Waals surface area contributed by atoms with E-state index in [1.54, 1.807) is 36.3 Å². The summed E-state index contributed by atoms with van der Waals surface area (Å²) in [4.78, 5) is 38.3. The van der Waals surface area contributed by atoms with Crippen molar-refractivity contribution in [2.24, 2.45) is 5.92 Å². The smallest absolute Gasteiger partial charge is 0.326 e. The Hall–Kier alpha value is -2.57. The summed E-state index contributed by atoms with van der Waals surface area (Å²) in [5.41, 5.74) is 0.694. The number of carbonyl (C=O) groups excluding carboxylic acids is 2. The van der Waals surface area contributed by atoms with Gasteiger partial charge in [-0.15, -0.1) is 0 Å². The molecule has 0 spiro atoms. The third-order valence-corrected chi connectivity index (χ3v) is 4.14. The molecule has 0 bridgehead atoms. The van der Waals surface area contributed by atoms with Crippen molar-refractivity contribution in [3.05, 3.63) is 24.3 Å². The van der Waals surface area contributed by atoms with Gasteiger partial charge in [0, 0.05) is 25.7 Å². The van der Waals surface area contributed by atoms with Gasteiger partial charge in [0.1, 0.15) is 11.8 Å². The average Bonchev–Trinajstić information content (AvgIpc) is 2.94. The minimum absolute atomic E-state index is 0.0849. The first-order chi connectivity index (χ1) is 10.8. The molecule has 0 aliphatic carbocycles. The predicted octanol–water partition coefficient (Wildman–Crippen LogP) is 0.980. The molecule has 0 aromatic heterocycles. The number of carboxylic acids is 1. The molecule has 1 saturated heterocycles. The second-order valence-corrected chi connectivity index (χ2v) is 5.57. The molecule has 7 nitrogen and oxygen atoms in total. The summed E-state index contributed by atoms with van der Waals surface area (Å²) in [6.45, 7) is 1.69. The average molecular weight is 320 g/mol. The second-order valence-electron chi connectivity index (χ2n) is 5.57. The van der Waals surface area contributed by atoms with Crippen LogP contribution in [0.3, 0.4) is 0 Å². The van der Waals surface area contributed by atoms with E-state index in [2.05, 4.69) is 0 Å². The van der Waals surface area contributed by atoms with Crippen LogP contribution in [0.5, 0.6) is 5.75 Å². The fourth-order valence-electron chi connectivity index (χ4n) is 2.53. The van der Waals surface area contributed by atoms with Gasteiger partial charge in [-0.3, -0.25) is 9.59 Å². The summed E-state index contributed by atoms with van der Waals surface area (Å²) in [5, 5.41) is 8.99. The quantitative estimate of drug-likeness (QED) is 0.874. The molecule has 1 N–H and O–H groups in total. The van der Waals surface area contributed by atoms with Crippen LogP contribution < -0.4 is 9.64 Å². The second kappa shape index (κ2) is 6.68. The number of methoxy groups -OCH3 is 1. The van der Waals surface area contributed by atoms with Gasteiger partial charge in [-0.05, 0) is 31.2 Å². The zero-order chi connectivity index (χ0) is 17.1. The Balaban J connectivity index is 2.09. The van der Waals surface area contributed by atoms with Gasteiger partial charge in [0.2, 0.25) is 11.8 Å². The van der Waals surface area contributed by atoms with E-state index < -0.39 is 17.9 Å². The van der Waals surface area contributed by atoms with Gasteiger partial charge in [0.05, 0.1) is 13.0 Å². The summed E-state index contributed by atoms with van der Waals surface area (Å²) in [6, 6.07) is 6.08. The lowest BCUT2D eigenvalue weighted by Gasteiger charge is -2.24. The monoisotopic (exact) mass is 320 g/mol. The summed E-state index contributed by atoms with van der Waals surface area (Å²) >= 11 is 0. The SMILES string of the molecule is COc1ccc(N2CC(C(=O)N(C)C(C)C(=O)O)CC2=O)cc1. The van der Waals surface area contributed by atoms with Crippen molar-refractivity contribution in [2.45, 2.75) is 19.4 Å². The lowest BCUT2D eigenvalue weighted by atomic mass is 10.1. The molecule has 23 heavy (non-hydrogen) atoms. The van der Waals surface area contributed by atoms with E-state index in [1.165, 1.54) is 18.9 Å². The van der Waals surface area contributed by atoms with E-state index in [4.69, 9.17) is 9.84 Å². The molecule has 1 aliphatic heterocycles. The molecule has 0 radical (unpaired) electrons. The first kappa shape index (κ1) is 16.8. The summed E-state index contributed by atoms with van der Waals surface area (Å²) in [6.07, 6.45) is 0.0849. The highest BCUT2D eigenvalue weighted by Gasteiger charge is 2.38. The van der Waals surface area contributed by atoms with Crippen molar-refractivity contribution in [1.82, 2.24) is 4.90 Å². The van der Waals surface area contributed by atoms with Crippen LogP contribution in [0.4, 0.5) is 5.69 Å². The normalized spacial score (nSPS) is 18.7. The molecule has 2 amide bonds. The Bertz CT molecular complexity index is 613. The number of anilines is 1. The van der Waals surface area contributed by atoms with Crippen LogP contribution in [0.15, 0.2) is 24.3 Å². The zero-order valence-electron chi connectivity index (χ0n) is 13.4. The van der Waals surface area contributed by atoms with Gasteiger partial charge in [-0.2, -0.15) is 0 Å². The van der Waals surface area contributed by atoms with Crippen molar-refractivity contribution < 1.29 is 24.2 Å². The predicted molar refractivity (Wildman–Crippen MR) is 83.3 cm³/mol. The lowest BCUT2D eigenvalue weighted by Crippen LogP contribution is -2.43. The topological polar surface area (TPSA) is 87.2 Å². The van der Waals surface area contributed by atoms with E-state index in [0.717, 1.165) is 0 Å². The molecule has 124 valence electrons. The van der Waals surface area contributed by atoms with E-state index >= 15 is 0 Å². The Morgan fingerprint density at radius 2 is 1.96 bits per heavy atom. The van der Waals surface area contributed by atoms with E-state index in [1.807, 2.05) is 0 Å². The van der Waals surface area contributed by atoms with Crippen LogP contribution >= 0.6 is 0 Å². The van der Waals surface area contributed by atoms with Gasteiger partial charge in [0.25, 0.3) is 0 Å². The Morgan fingerprint density at radius 1 is 1.35 bits per heavy atom. The van der Waals surface area contributed by atoms with Gasteiger partial charge in [-0.1, -0.05) is 0 Å². The fraction of sp³-hybridized carbons (Fsp3) is 0.438. The Morgan fingerprint density at radius 3 is 2.48 bits per heavy atom. The van der Waals surface area contributed by atoms with Crippen LogP contribution in [0.25, 0.3) is 0 Å². The van der Waals surface area contributed by atoms with Gasteiger partial charge in [0.15, 0.2) is 0 Å². The molecule has 1 heterocycles. The largest absolute Gasteiger partial charge is 0.497 e. The number of carbonyl (C=O) groups is 3. The van der Waals surface area contributed by atoms with Gasteiger partial charge >= 0.3 is 5.97 Å². The third kappa shape index (κ3) is 3.44. The van der Waals surface area contributed by atoms with Crippen molar-refractivity contribution in [1.29, 1.82) is 0 Å². The number of likely N-dealkylation sites (N-methyl/N-ethyl adjacent to an activating group) is 1. The lowest BCUT2D eigenvalue weighted by molar-refractivity contribution is -0.149. The fourth-order valence-corrected chi connectivity index (χ4v) is 2.53. The molecule has 2 atom stereocenters. The van der Waals surface area contributed by atoms with Gasteiger partial charge < -0.3 is 19.6 Å². The Labute approximate surface area is 134 Å². The number of nitrogens with zero attached hydrogens (tertiary/aromatic N) is 2. The molecule has 1 aliphatic rings. The van der Waals surface area contributed by atoms with Crippen LogP contribution in [0.2, 0.25) is 0 Å². The van der Waals surface area contributed by atoms with Crippen LogP contribution in [0, 0.1) is 5.92 Å². The molecule has 1 aromatic rings. The first-order valence-corrected chi connectivity index (χ1v) is 7.29.